The summed E-state index contributed by atoms with van der Waals surface area (Å²) in [6.07, 6.45) is 16.6. The van der Waals surface area contributed by atoms with Crippen molar-refractivity contribution in [2.45, 2.75) is 96.6 Å². The Morgan fingerprint density at radius 2 is 0.478 bits per heavy atom. The van der Waals surface area contributed by atoms with E-state index in [0.29, 0.717) is 0 Å². The summed E-state index contributed by atoms with van der Waals surface area (Å²) in [5.74, 6) is 0. The molecule has 67 heavy (non-hydrogen) atoms. The molecule has 5 nitrogen and oxygen atoms in total. The van der Waals surface area contributed by atoms with Crippen molar-refractivity contribution in [3.63, 3.8) is 0 Å². The Balaban J connectivity index is 0.000000106. The van der Waals surface area contributed by atoms with Gasteiger partial charge in [-0.25, -0.2) is 0 Å². The van der Waals surface area contributed by atoms with Crippen molar-refractivity contribution in [3.8, 4) is 0 Å². The van der Waals surface area contributed by atoms with Crippen molar-refractivity contribution in [2.75, 3.05) is 48.7 Å². The number of aryl methyl sites for hydroxylation is 5. The average Bonchev–Trinajstić information content (AvgIpc) is 4.23. The fourth-order valence-corrected chi connectivity index (χ4v) is 9.93. The van der Waals surface area contributed by atoms with Crippen LogP contribution in [0, 0.1) is 0 Å². The Hall–Kier alpha value is -6.14. The van der Waals surface area contributed by atoms with Crippen molar-refractivity contribution in [1.82, 2.24) is 10.6 Å². The summed E-state index contributed by atoms with van der Waals surface area (Å²) in [5, 5.41) is 16.6. The summed E-state index contributed by atoms with van der Waals surface area (Å²) in [6, 6.07) is 60.2. The van der Waals surface area contributed by atoms with Gasteiger partial charge in [-0.05, 0) is 176 Å². The topological polar surface area (TPSA) is 60.1 Å². The lowest BCUT2D eigenvalue weighted by Gasteiger charge is -2.16. The average molecular weight is 888 g/mol. The van der Waals surface area contributed by atoms with Crippen LogP contribution in [0.25, 0.3) is 0 Å². The number of para-hydroxylation sites is 3. The highest BCUT2D eigenvalue weighted by Crippen LogP contribution is 2.23. The van der Waals surface area contributed by atoms with Crippen LogP contribution < -0.4 is 26.6 Å². The molecule has 5 heterocycles. The molecule has 5 aliphatic heterocycles. The minimum Gasteiger partial charge on any atom is -0.385 e. The van der Waals surface area contributed by atoms with Crippen LogP contribution in [0.1, 0.15) is 86.9 Å². The maximum absolute atomic E-state index is 3.36. The highest BCUT2D eigenvalue weighted by atomic mass is 14.9. The first-order valence-corrected chi connectivity index (χ1v) is 25.4. The maximum Gasteiger partial charge on any atom is 0.0373 e. The summed E-state index contributed by atoms with van der Waals surface area (Å²) in [6.45, 7) is 7.73. The molecule has 0 amide bonds. The molecule has 0 fully saturated rings. The minimum atomic E-state index is 1.05. The van der Waals surface area contributed by atoms with Crippen LogP contribution in [0.5, 0.6) is 0 Å². The standard InChI is InChI=1S/C10H12.3C9H11N.C9H10.2C8H9N/c1-2-6-10-8-4-3-7-9(10)5-1;1-2-6-9-8(4-1)5-3-7-10-9;2*1-2-4-9-7-10-6-5-8(9)3-1;1-2-5-9-7-3-6-8(9)4-1;2*1-2-4-8-7(3-1)5-6-9-8/h1-2,5-6H,3-4,7-8H2;1-2,4,6,10H,3,5,7H2;2*1-4,10H,5-7H2;1-2,4-5H,3,6-7H2;2*1-4,9H,5-6H2. The molecule has 0 atom stereocenters. The molecule has 0 saturated heterocycles. The zero-order valence-electron chi connectivity index (χ0n) is 39.8. The predicted molar refractivity (Wildman–Crippen MR) is 286 cm³/mol. The first-order chi connectivity index (χ1) is 33.3. The molecule has 7 aliphatic rings. The molecule has 346 valence electrons. The van der Waals surface area contributed by atoms with Crippen molar-refractivity contribution in [3.05, 3.63) is 231 Å². The number of anilines is 3. The molecule has 2 aliphatic carbocycles. The highest BCUT2D eigenvalue weighted by molar-refractivity contribution is 5.56. The predicted octanol–water partition coefficient (Wildman–Crippen LogP) is 12.8. The number of benzene rings is 7. The van der Waals surface area contributed by atoms with Gasteiger partial charge in [-0.2, -0.15) is 0 Å². The Morgan fingerprint density at radius 3 is 0.851 bits per heavy atom. The van der Waals surface area contributed by atoms with Crippen molar-refractivity contribution in [1.29, 1.82) is 0 Å². The molecule has 7 aromatic rings. The smallest absolute Gasteiger partial charge is 0.0373 e. The molecule has 5 heteroatoms. The number of hydrogen-bond acceptors (Lipinski definition) is 5. The zero-order chi connectivity index (χ0) is 45.6. The Morgan fingerprint density at radius 1 is 0.209 bits per heavy atom. The summed E-state index contributed by atoms with van der Waals surface area (Å²) in [5.41, 5.74) is 20.6. The second-order valence-corrected chi connectivity index (χ2v) is 18.3. The summed E-state index contributed by atoms with van der Waals surface area (Å²) in [7, 11) is 0. The number of hydrogen-bond donors (Lipinski definition) is 5. The van der Waals surface area contributed by atoms with E-state index in [-0.39, 0.29) is 0 Å². The van der Waals surface area contributed by atoms with Crippen LogP contribution in [-0.2, 0) is 70.9 Å². The molecule has 0 spiro atoms. The van der Waals surface area contributed by atoms with Gasteiger partial charge in [0.05, 0.1) is 0 Å². The normalized spacial score (nSPS) is 15.7. The van der Waals surface area contributed by atoms with Crippen LogP contribution in [0.3, 0.4) is 0 Å². The van der Waals surface area contributed by atoms with E-state index in [1.54, 1.807) is 22.3 Å². The first kappa shape index (κ1) is 47.4. The quantitative estimate of drug-likeness (QED) is 0.105. The fraction of sp³-hybridized carbons (Fsp3) is 0.323. The molecular weight excluding hydrogens is 815 g/mol. The fourth-order valence-electron chi connectivity index (χ4n) is 9.93. The zero-order valence-corrected chi connectivity index (χ0v) is 39.8. The van der Waals surface area contributed by atoms with E-state index in [2.05, 4.69) is 196 Å². The molecule has 0 saturated carbocycles. The molecule has 14 rings (SSSR count). The van der Waals surface area contributed by atoms with Gasteiger partial charge in [-0.1, -0.05) is 152 Å². The van der Waals surface area contributed by atoms with E-state index in [1.165, 1.54) is 139 Å². The van der Waals surface area contributed by atoms with E-state index in [9.17, 15) is 0 Å². The third kappa shape index (κ3) is 14.7. The van der Waals surface area contributed by atoms with E-state index >= 15 is 0 Å². The Kier molecular flexibility index (Phi) is 18.6. The first-order valence-electron chi connectivity index (χ1n) is 25.4. The van der Waals surface area contributed by atoms with Gasteiger partial charge in [-0.3, -0.25) is 0 Å². The molecule has 5 N–H and O–H groups in total. The number of fused-ring (bicyclic) bond motifs is 7. The second-order valence-electron chi connectivity index (χ2n) is 18.3. The summed E-state index contributed by atoms with van der Waals surface area (Å²) < 4.78 is 0. The second kappa shape index (κ2) is 26.3. The lowest BCUT2D eigenvalue weighted by molar-refractivity contribution is 0.644. The molecular formula is C62H73N5. The van der Waals surface area contributed by atoms with Crippen molar-refractivity contribution < 1.29 is 0 Å². The van der Waals surface area contributed by atoms with E-state index in [0.717, 1.165) is 45.8 Å². The van der Waals surface area contributed by atoms with Gasteiger partial charge >= 0.3 is 0 Å². The molecule has 0 radical (unpaired) electrons. The number of rotatable bonds is 0. The van der Waals surface area contributed by atoms with Crippen molar-refractivity contribution in [2.24, 2.45) is 0 Å². The summed E-state index contributed by atoms with van der Waals surface area (Å²) >= 11 is 0. The van der Waals surface area contributed by atoms with Crippen LogP contribution in [0.4, 0.5) is 17.1 Å². The third-order valence-electron chi connectivity index (χ3n) is 13.7. The Bertz CT molecular complexity index is 2070. The van der Waals surface area contributed by atoms with Gasteiger partial charge in [0.2, 0.25) is 0 Å². The lowest BCUT2D eigenvalue weighted by Crippen LogP contribution is -2.23. The monoisotopic (exact) mass is 888 g/mol. The SMILES string of the molecule is c1ccc2c(c1)CCC2.c1ccc2c(c1)CCCC2.c1ccc2c(c1)CCCN2.c1ccc2c(c1)CCN2.c1ccc2c(c1)CCN2.c1ccc2c(c1)CCNC2.c1ccc2c(c1)CCNC2. The van der Waals surface area contributed by atoms with Crippen LogP contribution >= 0.6 is 0 Å². The largest absolute Gasteiger partial charge is 0.385 e. The van der Waals surface area contributed by atoms with E-state index < -0.39 is 0 Å². The molecule has 0 bridgehead atoms. The minimum absolute atomic E-state index is 1.05. The molecule has 0 unspecified atom stereocenters. The van der Waals surface area contributed by atoms with Crippen LogP contribution in [0.2, 0.25) is 0 Å². The van der Waals surface area contributed by atoms with Crippen LogP contribution in [-0.4, -0.2) is 32.7 Å². The van der Waals surface area contributed by atoms with Crippen molar-refractivity contribution >= 4 is 17.1 Å². The molecule has 7 aromatic carbocycles. The number of nitrogens with one attached hydrogen (secondary N) is 5. The van der Waals surface area contributed by atoms with Gasteiger partial charge in [0.15, 0.2) is 0 Å². The van der Waals surface area contributed by atoms with Gasteiger partial charge in [-0.15, -0.1) is 0 Å². The van der Waals surface area contributed by atoms with E-state index in [1.807, 2.05) is 0 Å². The maximum atomic E-state index is 3.36. The van der Waals surface area contributed by atoms with Gasteiger partial charge in [0.25, 0.3) is 0 Å². The third-order valence-corrected chi connectivity index (χ3v) is 13.7. The molecule has 0 aromatic heterocycles. The summed E-state index contributed by atoms with van der Waals surface area (Å²) in [4.78, 5) is 0. The van der Waals surface area contributed by atoms with Gasteiger partial charge in [0, 0.05) is 49.8 Å². The van der Waals surface area contributed by atoms with Gasteiger partial charge in [0.1, 0.15) is 0 Å². The lowest BCUT2D eigenvalue weighted by atomic mass is 9.92. The Labute approximate surface area is 402 Å². The highest BCUT2D eigenvalue weighted by Gasteiger charge is 2.10. The van der Waals surface area contributed by atoms with E-state index in [4.69, 9.17) is 0 Å². The van der Waals surface area contributed by atoms with Gasteiger partial charge < -0.3 is 26.6 Å². The van der Waals surface area contributed by atoms with Crippen LogP contribution in [0.15, 0.2) is 170 Å².